The number of carbonyl (C=O) groups excluding carboxylic acids is 1. The Morgan fingerprint density at radius 1 is 1.45 bits per heavy atom. The van der Waals surface area contributed by atoms with Crippen LogP contribution in [0.2, 0.25) is 0 Å². The molecule has 0 N–H and O–H groups in total. The molecule has 0 spiro atoms. The van der Waals surface area contributed by atoms with Crippen LogP contribution < -0.4 is 4.90 Å². The first-order valence-electron chi connectivity index (χ1n) is 7.94. The predicted molar refractivity (Wildman–Crippen MR) is 92.6 cm³/mol. The summed E-state index contributed by atoms with van der Waals surface area (Å²) in [6.45, 7) is 3.96. The highest BCUT2D eigenvalue weighted by molar-refractivity contribution is 7.22. The molecule has 1 amide bonds. The summed E-state index contributed by atoms with van der Waals surface area (Å²) in [5.41, 5.74) is 2.42. The van der Waals surface area contributed by atoms with E-state index in [4.69, 9.17) is 4.98 Å². The second-order valence-corrected chi connectivity index (χ2v) is 7.18. The van der Waals surface area contributed by atoms with Crippen molar-refractivity contribution in [1.29, 1.82) is 0 Å². The Morgan fingerprint density at radius 2 is 2.27 bits per heavy atom. The minimum absolute atomic E-state index is 0.0990. The van der Waals surface area contributed by atoms with Gasteiger partial charge in [0.15, 0.2) is 5.13 Å². The second kappa shape index (κ2) is 6.24. The molecule has 1 aromatic heterocycles. The van der Waals surface area contributed by atoms with Gasteiger partial charge in [-0.25, -0.2) is 4.98 Å². The molecule has 2 heterocycles. The molecule has 118 valence electrons. The third kappa shape index (κ3) is 2.95. The van der Waals surface area contributed by atoms with Crippen molar-refractivity contribution in [2.75, 3.05) is 32.1 Å². The third-order valence-corrected chi connectivity index (χ3v) is 5.41. The average Bonchev–Trinajstić information content (AvgIpc) is 2.97. The topological polar surface area (TPSA) is 36.4 Å². The van der Waals surface area contributed by atoms with E-state index in [-0.39, 0.29) is 11.8 Å². The zero-order valence-corrected chi connectivity index (χ0v) is 14.3. The summed E-state index contributed by atoms with van der Waals surface area (Å²) in [5.74, 6) is 0.334. The van der Waals surface area contributed by atoms with Gasteiger partial charge in [-0.2, -0.15) is 0 Å². The van der Waals surface area contributed by atoms with Gasteiger partial charge in [0.05, 0.1) is 16.1 Å². The Labute approximate surface area is 135 Å². The normalized spacial score (nSPS) is 18.7. The van der Waals surface area contributed by atoms with Crippen molar-refractivity contribution in [1.82, 2.24) is 9.88 Å². The second-order valence-electron chi connectivity index (χ2n) is 6.17. The SMILES string of the molecule is CCc1ccc2nc(N3CCCC(C(=O)N(C)C)C3)sc2c1. The summed E-state index contributed by atoms with van der Waals surface area (Å²) in [7, 11) is 3.68. The summed E-state index contributed by atoms with van der Waals surface area (Å²) in [6.07, 6.45) is 3.09. The quantitative estimate of drug-likeness (QED) is 0.872. The van der Waals surface area contributed by atoms with E-state index in [0.29, 0.717) is 0 Å². The minimum atomic E-state index is 0.0990. The van der Waals surface area contributed by atoms with Crippen LogP contribution in [-0.2, 0) is 11.2 Å². The molecule has 3 rings (SSSR count). The molecule has 1 fully saturated rings. The summed E-state index contributed by atoms with van der Waals surface area (Å²) in [4.78, 5) is 21.0. The molecule has 1 aliphatic rings. The van der Waals surface area contributed by atoms with E-state index < -0.39 is 0 Å². The van der Waals surface area contributed by atoms with Crippen LogP contribution in [-0.4, -0.2) is 43.0 Å². The van der Waals surface area contributed by atoms with Crippen LogP contribution >= 0.6 is 11.3 Å². The minimum Gasteiger partial charge on any atom is -0.349 e. The van der Waals surface area contributed by atoms with Gasteiger partial charge in [-0.1, -0.05) is 24.3 Å². The molecule has 0 aliphatic carbocycles. The van der Waals surface area contributed by atoms with E-state index in [2.05, 4.69) is 30.0 Å². The number of hydrogen-bond acceptors (Lipinski definition) is 4. The Morgan fingerprint density at radius 3 is 3.00 bits per heavy atom. The number of nitrogens with zero attached hydrogens (tertiary/aromatic N) is 3. The van der Waals surface area contributed by atoms with Gasteiger partial charge >= 0.3 is 0 Å². The molecule has 0 bridgehead atoms. The van der Waals surface area contributed by atoms with Crippen LogP contribution in [0.15, 0.2) is 18.2 Å². The highest BCUT2D eigenvalue weighted by Gasteiger charge is 2.28. The van der Waals surface area contributed by atoms with Crippen molar-refractivity contribution < 1.29 is 4.79 Å². The maximum atomic E-state index is 12.2. The van der Waals surface area contributed by atoms with E-state index >= 15 is 0 Å². The van der Waals surface area contributed by atoms with Gasteiger partial charge in [-0.05, 0) is 37.0 Å². The van der Waals surface area contributed by atoms with Gasteiger partial charge in [0, 0.05) is 27.2 Å². The molecule has 22 heavy (non-hydrogen) atoms. The van der Waals surface area contributed by atoms with Crippen molar-refractivity contribution in [3.63, 3.8) is 0 Å². The zero-order chi connectivity index (χ0) is 15.7. The molecular weight excluding hydrogens is 294 g/mol. The molecule has 5 heteroatoms. The van der Waals surface area contributed by atoms with Crippen molar-refractivity contribution in [2.45, 2.75) is 26.2 Å². The lowest BCUT2D eigenvalue weighted by Gasteiger charge is -2.32. The van der Waals surface area contributed by atoms with Crippen molar-refractivity contribution in [2.24, 2.45) is 5.92 Å². The Balaban J connectivity index is 1.82. The lowest BCUT2D eigenvalue weighted by atomic mass is 9.97. The van der Waals surface area contributed by atoms with Crippen molar-refractivity contribution in [3.05, 3.63) is 23.8 Å². The highest BCUT2D eigenvalue weighted by atomic mass is 32.1. The van der Waals surface area contributed by atoms with E-state index in [1.54, 1.807) is 16.2 Å². The van der Waals surface area contributed by atoms with Crippen LogP contribution in [0, 0.1) is 5.92 Å². The predicted octanol–water partition coefficient (Wildman–Crippen LogP) is 3.16. The molecular formula is C17H23N3OS. The number of rotatable bonds is 3. The number of hydrogen-bond donors (Lipinski definition) is 0. The summed E-state index contributed by atoms with van der Waals surface area (Å²) < 4.78 is 1.25. The van der Waals surface area contributed by atoms with Crippen molar-refractivity contribution in [3.8, 4) is 0 Å². The maximum absolute atomic E-state index is 12.2. The summed E-state index contributed by atoms with van der Waals surface area (Å²) in [6, 6.07) is 6.50. The standard InChI is InChI=1S/C17H23N3OS/c1-4-12-7-8-14-15(10-12)22-17(18-14)20-9-5-6-13(11-20)16(21)19(2)3/h7-8,10,13H,4-6,9,11H2,1-3H3. The lowest BCUT2D eigenvalue weighted by Crippen LogP contribution is -2.42. The van der Waals surface area contributed by atoms with Crippen LogP contribution in [0.3, 0.4) is 0 Å². The van der Waals surface area contributed by atoms with Gasteiger partial charge in [0.1, 0.15) is 0 Å². The molecule has 2 aromatic rings. The largest absolute Gasteiger partial charge is 0.349 e. The molecule has 1 unspecified atom stereocenters. The van der Waals surface area contributed by atoms with E-state index in [1.807, 2.05) is 14.1 Å². The number of fused-ring (bicyclic) bond motifs is 1. The first-order valence-corrected chi connectivity index (χ1v) is 8.75. The smallest absolute Gasteiger partial charge is 0.226 e. The van der Waals surface area contributed by atoms with Gasteiger partial charge in [0.2, 0.25) is 5.91 Å². The molecule has 0 radical (unpaired) electrons. The lowest BCUT2D eigenvalue weighted by molar-refractivity contribution is -0.133. The fraction of sp³-hybridized carbons (Fsp3) is 0.529. The molecule has 1 aromatic carbocycles. The van der Waals surface area contributed by atoms with Crippen LogP contribution in [0.5, 0.6) is 0 Å². The van der Waals surface area contributed by atoms with Gasteiger partial charge in [-0.3, -0.25) is 4.79 Å². The number of carbonyl (C=O) groups is 1. The number of benzene rings is 1. The number of thiazole rings is 1. The Bertz CT molecular complexity index is 680. The Hall–Kier alpha value is -1.62. The fourth-order valence-corrected chi connectivity index (χ4v) is 4.09. The number of anilines is 1. The van der Waals surface area contributed by atoms with E-state index in [9.17, 15) is 4.79 Å². The highest BCUT2D eigenvalue weighted by Crippen LogP contribution is 2.32. The molecule has 0 saturated carbocycles. The molecule has 4 nitrogen and oxygen atoms in total. The van der Waals surface area contributed by atoms with Crippen LogP contribution in [0.25, 0.3) is 10.2 Å². The van der Waals surface area contributed by atoms with E-state index in [0.717, 1.165) is 43.0 Å². The maximum Gasteiger partial charge on any atom is 0.226 e. The number of aromatic nitrogens is 1. The fourth-order valence-electron chi connectivity index (χ4n) is 3.03. The molecule has 1 atom stereocenters. The average molecular weight is 317 g/mol. The van der Waals surface area contributed by atoms with Crippen LogP contribution in [0.4, 0.5) is 5.13 Å². The zero-order valence-electron chi connectivity index (χ0n) is 13.5. The van der Waals surface area contributed by atoms with Crippen LogP contribution in [0.1, 0.15) is 25.3 Å². The third-order valence-electron chi connectivity index (χ3n) is 4.33. The molecule has 1 aliphatic heterocycles. The first kappa shape index (κ1) is 15.3. The number of amides is 1. The van der Waals surface area contributed by atoms with Crippen molar-refractivity contribution >= 4 is 32.6 Å². The summed E-state index contributed by atoms with van der Waals surface area (Å²) in [5, 5.41) is 1.06. The Kier molecular flexibility index (Phi) is 4.34. The monoisotopic (exact) mass is 317 g/mol. The van der Waals surface area contributed by atoms with Gasteiger partial charge < -0.3 is 9.80 Å². The number of piperidine rings is 1. The summed E-state index contributed by atoms with van der Waals surface area (Å²) >= 11 is 1.75. The van der Waals surface area contributed by atoms with E-state index in [1.165, 1.54) is 10.3 Å². The van der Waals surface area contributed by atoms with Gasteiger partial charge in [-0.15, -0.1) is 0 Å². The number of aryl methyl sites for hydroxylation is 1. The molecule has 1 saturated heterocycles. The van der Waals surface area contributed by atoms with Gasteiger partial charge in [0.25, 0.3) is 0 Å². The first-order chi connectivity index (χ1) is 10.6.